The number of aromatic nitrogens is 1. The van der Waals surface area contributed by atoms with Crippen LogP contribution >= 0.6 is 0 Å². The van der Waals surface area contributed by atoms with Gasteiger partial charge in [-0.15, -0.1) is 0 Å². The lowest BCUT2D eigenvalue weighted by molar-refractivity contribution is -0.0719. The average Bonchev–Trinajstić information content (AvgIpc) is 2.54. The van der Waals surface area contributed by atoms with Crippen LogP contribution in [0.1, 0.15) is 6.42 Å². The van der Waals surface area contributed by atoms with Crippen molar-refractivity contribution in [3.8, 4) is 0 Å². The van der Waals surface area contributed by atoms with Gasteiger partial charge in [0.25, 0.3) is 0 Å². The molecular formula is C15H24N4O3S. The Hall–Kier alpha value is -1.22. The molecular weight excluding hydrogens is 316 g/mol. The van der Waals surface area contributed by atoms with Crippen LogP contribution in [0.5, 0.6) is 0 Å². The first-order valence-electron chi connectivity index (χ1n) is 7.85. The van der Waals surface area contributed by atoms with E-state index in [9.17, 15) is 8.42 Å². The van der Waals surface area contributed by atoms with Crippen molar-refractivity contribution in [2.24, 2.45) is 0 Å². The Morgan fingerprint density at radius 1 is 1.30 bits per heavy atom. The fraction of sp³-hybridized carbons (Fsp3) is 0.667. The molecule has 0 aromatic carbocycles. The summed E-state index contributed by atoms with van der Waals surface area (Å²) in [5.74, 6) is 0.737. The maximum atomic E-state index is 13.0. The molecule has 2 saturated heterocycles. The van der Waals surface area contributed by atoms with Crippen LogP contribution < -0.4 is 4.90 Å². The SMILES string of the molecule is CN1CC[C@H]2OCCN(S(=O)(=O)c3ccc(N(C)C)nc3)[C@H]2C1. The summed E-state index contributed by atoms with van der Waals surface area (Å²) in [5.41, 5.74) is 0. The van der Waals surface area contributed by atoms with Crippen LogP contribution in [-0.4, -0.2) is 82.1 Å². The lowest BCUT2D eigenvalue weighted by Crippen LogP contribution is -2.60. The molecule has 0 unspecified atom stereocenters. The van der Waals surface area contributed by atoms with Crippen LogP contribution in [0.15, 0.2) is 23.2 Å². The second-order valence-corrected chi connectivity index (χ2v) is 8.28. The van der Waals surface area contributed by atoms with Crippen LogP contribution in [0.3, 0.4) is 0 Å². The number of pyridine rings is 1. The van der Waals surface area contributed by atoms with Gasteiger partial charge in [0.1, 0.15) is 10.7 Å². The Bertz CT molecular complexity index is 647. The van der Waals surface area contributed by atoms with Gasteiger partial charge in [-0.2, -0.15) is 4.31 Å². The van der Waals surface area contributed by atoms with Crippen molar-refractivity contribution in [1.29, 1.82) is 0 Å². The number of likely N-dealkylation sites (N-methyl/N-ethyl adjacent to an activating group) is 1. The van der Waals surface area contributed by atoms with Gasteiger partial charge in [0.05, 0.1) is 18.8 Å². The summed E-state index contributed by atoms with van der Waals surface area (Å²) >= 11 is 0. The van der Waals surface area contributed by atoms with Crippen molar-refractivity contribution in [3.63, 3.8) is 0 Å². The van der Waals surface area contributed by atoms with Gasteiger partial charge in [0.15, 0.2) is 0 Å². The van der Waals surface area contributed by atoms with E-state index in [1.54, 1.807) is 16.4 Å². The van der Waals surface area contributed by atoms with Crippen molar-refractivity contribution in [2.75, 3.05) is 52.3 Å². The van der Waals surface area contributed by atoms with E-state index in [2.05, 4.69) is 9.88 Å². The number of hydrogen-bond acceptors (Lipinski definition) is 6. The molecule has 23 heavy (non-hydrogen) atoms. The van der Waals surface area contributed by atoms with Gasteiger partial charge in [0.2, 0.25) is 10.0 Å². The molecule has 0 bridgehead atoms. The predicted octanol–water partition coefficient (Wildman–Crippen LogP) is 0.241. The molecule has 0 spiro atoms. The van der Waals surface area contributed by atoms with Gasteiger partial charge < -0.3 is 14.5 Å². The van der Waals surface area contributed by atoms with Gasteiger partial charge in [-0.3, -0.25) is 0 Å². The highest BCUT2D eigenvalue weighted by Gasteiger charge is 2.42. The zero-order valence-corrected chi connectivity index (χ0v) is 14.7. The van der Waals surface area contributed by atoms with E-state index in [-0.39, 0.29) is 17.0 Å². The van der Waals surface area contributed by atoms with Crippen LogP contribution in [0.25, 0.3) is 0 Å². The van der Waals surface area contributed by atoms with Crippen LogP contribution in [0.2, 0.25) is 0 Å². The van der Waals surface area contributed by atoms with E-state index in [4.69, 9.17) is 4.74 Å². The van der Waals surface area contributed by atoms with E-state index in [0.29, 0.717) is 19.7 Å². The predicted molar refractivity (Wildman–Crippen MR) is 88.1 cm³/mol. The minimum atomic E-state index is -3.55. The zero-order valence-electron chi connectivity index (χ0n) is 13.8. The topological polar surface area (TPSA) is 66.0 Å². The highest BCUT2D eigenvalue weighted by atomic mass is 32.2. The third-order valence-corrected chi connectivity index (χ3v) is 6.43. The first kappa shape index (κ1) is 16.6. The molecule has 1 aromatic heterocycles. The van der Waals surface area contributed by atoms with E-state index in [1.165, 1.54) is 6.20 Å². The van der Waals surface area contributed by atoms with Crippen molar-refractivity contribution in [1.82, 2.24) is 14.2 Å². The van der Waals surface area contributed by atoms with Gasteiger partial charge in [-0.05, 0) is 25.6 Å². The summed E-state index contributed by atoms with van der Waals surface area (Å²) in [7, 11) is 2.22. The molecule has 3 rings (SSSR count). The molecule has 2 aliphatic heterocycles. The molecule has 0 amide bonds. The average molecular weight is 340 g/mol. The van der Waals surface area contributed by atoms with Gasteiger partial charge in [0, 0.05) is 39.9 Å². The molecule has 128 valence electrons. The maximum absolute atomic E-state index is 13.0. The molecule has 0 aliphatic carbocycles. The lowest BCUT2D eigenvalue weighted by atomic mass is 10.0. The first-order valence-corrected chi connectivity index (χ1v) is 9.29. The summed E-state index contributed by atoms with van der Waals surface area (Å²) in [4.78, 5) is 8.49. The van der Waals surface area contributed by atoms with Crippen LogP contribution in [0, 0.1) is 0 Å². The molecule has 0 radical (unpaired) electrons. The Balaban J connectivity index is 1.88. The number of hydrogen-bond donors (Lipinski definition) is 0. The number of sulfonamides is 1. The van der Waals surface area contributed by atoms with Crippen LogP contribution in [-0.2, 0) is 14.8 Å². The molecule has 2 fully saturated rings. The molecule has 8 heteroatoms. The highest BCUT2D eigenvalue weighted by molar-refractivity contribution is 7.89. The zero-order chi connectivity index (χ0) is 16.6. The standard InChI is InChI=1S/C15H24N4O3S/c1-17(2)15-5-4-12(10-16-15)23(20,21)19-8-9-22-14-6-7-18(3)11-13(14)19/h4-5,10,13-14H,6-9,11H2,1-3H3/t13-,14+/m0/s1. The Morgan fingerprint density at radius 2 is 2.09 bits per heavy atom. The summed E-state index contributed by atoms with van der Waals surface area (Å²) in [6.45, 7) is 2.49. The molecule has 2 aliphatic rings. The largest absolute Gasteiger partial charge is 0.375 e. The van der Waals surface area contributed by atoms with Crippen LogP contribution in [0.4, 0.5) is 5.82 Å². The third kappa shape index (κ3) is 3.21. The third-order valence-electron chi connectivity index (χ3n) is 4.52. The van der Waals surface area contributed by atoms with Crippen molar-refractivity contribution >= 4 is 15.8 Å². The highest BCUT2D eigenvalue weighted by Crippen LogP contribution is 2.28. The fourth-order valence-electron chi connectivity index (χ4n) is 3.22. The van der Waals surface area contributed by atoms with Crippen molar-refractivity contribution < 1.29 is 13.2 Å². The first-order chi connectivity index (χ1) is 10.9. The molecule has 7 nitrogen and oxygen atoms in total. The number of piperidine rings is 1. The number of morpholine rings is 1. The molecule has 0 saturated carbocycles. The van der Waals surface area contributed by atoms with E-state index in [1.807, 2.05) is 26.0 Å². The normalized spacial score (nSPS) is 26.7. The molecule has 2 atom stereocenters. The van der Waals surface area contributed by atoms with E-state index in [0.717, 1.165) is 18.8 Å². The minimum absolute atomic E-state index is 0.0104. The van der Waals surface area contributed by atoms with Gasteiger partial charge >= 0.3 is 0 Å². The molecule has 1 aromatic rings. The van der Waals surface area contributed by atoms with Crippen molar-refractivity contribution in [3.05, 3.63) is 18.3 Å². The fourth-order valence-corrected chi connectivity index (χ4v) is 4.79. The number of rotatable bonds is 3. The monoisotopic (exact) mass is 340 g/mol. The summed E-state index contributed by atoms with van der Waals surface area (Å²) in [6.07, 6.45) is 2.30. The van der Waals surface area contributed by atoms with Gasteiger partial charge in [-0.25, -0.2) is 13.4 Å². The number of likely N-dealkylation sites (tertiary alicyclic amines) is 1. The minimum Gasteiger partial charge on any atom is -0.375 e. The number of fused-ring (bicyclic) bond motifs is 1. The second-order valence-electron chi connectivity index (χ2n) is 6.39. The second kappa shape index (κ2) is 6.35. The van der Waals surface area contributed by atoms with E-state index < -0.39 is 10.0 Å². The number of nitrogens with zero attached hydrogens (tertiary/aromatic N) is 4. The molecule has 0 N–H and O–H groups in total. The smallest absolute Gasteiger partial charge is 0.245 e. The number of anilines is 1. The summed E-state index contributed by atoms with van der Waals surface area (Å²) < 4.78 is 33.4. The molecule has 3 heterocycles. The Morgan fingerprint density at radius 3 is 2.74 bits per heavy atom. The van der Waals surface area contributed by atoms with Gasteiger partial charge in [-0.1, -0.05) is 0 Å². The number of ether oxygens (including phenoxy) is 1. The Labute approximate surface area is 137 Å². The van der Waals surface area contributed by atoms with Crippen molar-refractivity contribution in [2.45, 2.75) is 23.5 Å². The summed E-state index contributed by atoms with van der Waals surface area (Å²) in [5, 5.41) is 0. The Kier molecular flexibility index (Phi) is 4.59. The lowest BCUT2D eigenvalue weighted by Gasteiger charge is -2.45. The van der Waals surface area contributed by atoms with E-state index >= 15 is 0 Å². The quantitative estimate of drug-likeness (QED) is 0.785. The maximum Gasteiger partial charge on any atom is 0.245 e. The summed E-state index contributed by atoms with van der Waals surface area (Å²) in [6, 6.07) is 3.24.